The Morgan fingerprint density at radius 2 is 1.58 bits per heavy atom. The van der Waals surface area contributed by atoms with Gasteiger partial charge >= 0.3 is 6.18 Å². The van der Waals surface area contributed by atoms with Crippen molar-refractivity contribution in [2.24, 2.45) is 5.73 Å². The van der Waals surface area contributed by atoms with Crippen molar-refractivity contribution in [3.8, 4) is 11.1 Å². The number of nitro benzene ring substituents is 1. The lowest BCUT2D eigenvalue weighted by molar-refractivity contribution is -0.386. The number of nitrogens with two attached hydrogens (primary N) is 1. The molecular weight excluding hydrogens is 349 g/mol. The van der Waals surface area contributed by atoms with Gasteiger partial charge in [0.25, 0.3) is 5.69 Å². The molecule has 0 aliphatic carbocycles. The fraction of sp³-hybridized carbons (Fsp3) is 0.278. The van der Waals surface area contributed by atoms with E-state index in [0.717, 1.165) is 12.1 Å². The van der Waals surface area contributed by atoms with E-state index in [2.05, 4.69) is 0 Å². The van der Waals surface area contributed by atoms with Gasteiger partial charge in [0.05, 0.1) is 16.1 Å². The topological polar surface area (TPSA) is 86.2 Å². The first kappa shape index (κ1) is 19.4. The number of alkyl halides is 3. The van der Waals surface area contributed by atoms with Crippen molar-refractivity contribution in [2.45, 2.75) is 32.4 Å². The van der Waals surface area contributed by atoms with E-state index in [1.165, 1.54) is 24.3 Å². The summed E-state index contributed by atoms with van der Waals surface area (Å²) in [5.41, 5.74) is 4.24. The van der Waals surface area contributed by atoms with Crippen LogP contribution in [0, 0.1) is 10.1 Å². The summed E-state index contributed by atoms with van der Waals surface area (Å²) in [6, 6.07) is 6.77. The lowest BCUT2D eigenvalue weighted by Gasteiger charge is -2.22. The van der Waals surface area contributed by atoms with E-state index in [0.29, 0.717) is 5.56 Å². The summed E-state index contributed by atoms with van der Waals surface area (Å²) >= 11 is 0. The normalized spacial score (nSPS) is 12.1. The van der Waals surface area contributed by atoms with Crippen LogP contribution in [0.1, 0.15) is 42.3 Å². The van der Waals surface area contributed by atoms with Gasteiger partial charge in [-0.1, -0.05) is 32.9 Å². The molecule has 2 aromatic carbocycles. The molecule has 0 atom stereocenters. The second-order valence-corrected chi connectivity index (χ2v) is 6.86. The second kappa shape index (κ2) is 6.44. The fourth-order valence-corrected chi connectivity index (χ4v) is 2.77. The van der Waals surface area contributed by atoms with Crippen LogP contribution in [0.3, 0.4) is 0 Å². The Kier molecular flexibility index (Phi) is 4.81. The highest BCUT2D eigenvalue weighted by atomic mass is 19.4. The average Bonchev–Trinajstić information content (AvgIpc) is 2.51. The van der Waals surface area contributed by atoms with Crippen LogP contribution in [-0.2, 0) is 11.6 Å². The van der Waals surface area contributed by atoms with E-state index in [4.69, 9.17) is 5.73 Å². The molecule has 2 aromatic rings. The number of nitro groups is 1. The maximum Gasteiger partial charge on any atom is 0.416 e. The van der Waals surface area contributed by atoms with Crippen molar-refractivity contribution >= 4 is 11.6 Å². The molecular formula is C18H17F3N2O3. The lowest BCUT2D eigenvalue weighted by Crippen LogP contribution is -2.23. The minimum Gasteiger partial charge on any atom is -0.366 e. The van der Waals surface area contributed by atoms with Gasteiger partial charge in [0.2, 0.25) is 5.91 Å². The van der Waals surface area contributed by atoms with Crippen molar-refractivity contribution in [1.29, 1.82) is 0 Å². The van der Waals surface area contributed by atoms with Gasteiger partial charge in [-0.3, -0.25) is 14.9 Å². The van der Waals surface area contributed by atoms with Gasteiger partial charge in [-0.2, -0.15) is 13.2 Å². The number of carbonyl (C=O) groups excluding carboxylic acids is 1. The van der Waals surface area contributed by atoms with Gasteiger partial charge in [-0.15, -0.1) is 0 Å². The van der Waals surface area contributed by atoms with E-state index in [1.54, 1.807) is 20.8 Å². The number of amides is 1. The number of carbonyl (C=O) groups is 1. The third kappa shape index (κ3) is 3.84. The first-order chi connectivity index (χ1) is 11.8. The van der Waals surface area contributed by atoms with E-state index < -0.39 is 28.0 Å². The van der Waals surface area contributed by atoms with Crippen LogP contribution in [-0.4, -0.2) is 10.8 Å². The molecule has 2 N–H and O–H groups in total. The molecule has 0 spiro atoms. The van der Waals surface area contributed by atoms with Gasteiger partial charge in [-0.05, 0) is 34.7 Å². The van der Waals surface area contributed by atoms with Crippen LogP contribution in [0.4, 0.5) is 18.9 Å². The van der Waals surface area contributed by atoms with Crippen molar-refractivity contribution in [2.75, 3.05) is 0 Å². The minimum absolute atomic E-state index is 0.0263. The molecule has 0 aromatic heterocycles. The third-order valence-corrected chi connectivity index (χ3v) is 3.88. The molecule has 0 unspecified atom stereocenters. The van der Waals surface area contributed by atoms with Gasteiger partial charge < -0.3 is 5.73 Å². The van der Waals surface area contributed by atoms with Crippen molar-refractivity contribution < 1.29 is 22.9 Å². The number of hydrogen-bond donors (Lipinski definition) is 1. The highest BCUT2D eigenvalue weighted by molar-refractivity contribution is 5.97. The third-order valence-electron chi connectivity index (χ3n) is 3.88. The molecule has 1 amide bonds. The molecule has 0 radical (unpaired) electrons. The fourth-order valence-electron chi connectivity index (χ4n) is 2.77. The van der Waals surface area contributed by atoms with Gasteiger partial charge in [0.1, 0.15) is 0 Å². The van der Waals surface area contributed by atoms with Crippen LogP contribution >= 0.6 is 0 Å². The number of hydrogen-bond acceptors (Lipinski definition) is 3. The molecule has 0 saturated heterocycles. The Bertz CT molecular complexity index is 832. The maximum absolute atomic E-state index is 12.7. The monoisotopic (exact) mass is 366 g/mol. The molecule has 26 heavy (non-hydrogen) atoms. The molecule has 0 saturated carbocycles. The van der Waals surface area contributed by atoms with Crippen LogP contribution in [0.5, 0.6) is 0 Å². The van der Waals surface area contributed by atoms with E-state index >= 15 is 0 Å². The molecule has 5 nitrogen and oxygen atoms in total. The van der Waals surface area contributed by atoms with Crippen molar-refractivity contribution in [3.63, 3.8) is 0 Å². The predicted molar refractivity (Wildman–Crippen MR) is 90.8 cm³/mol. The SMILES string of the molecule is CC(C)(C)c1c(C(N)=O)cc(-c2ccc(C(F)(F)F)cc2)cc1[N+](=O)[O-]. The zero-order valence-electron chi connectivity index (χ0n) is 14.3. The highest BCUT2D eigenvalue weighted by Crippen LogP contribution is 2.38. The van der Waals surface area contributed by atoms with Gasteiger partial charge in [0.15, 0.2) is 0 Å². The molecule has 0 aliphatic heterocycles. The summed E-state index contributed by atoms with van der Waals surface area (Å²) in [5.74, 6) is -0.841. The molecule has 2 rings (SSSR count). The Morgan fingerprint density at radius 3 is 1.96 bits per heavy atom. The van der Waals surface area contributed by atoms with E-state index in [1.807, 2.05) is 0 Å². The number of nitrogens with zero attached hydrogens (tertiary/aromatic N) is 1. The van der Waals surface area contributed by atoms with Gasteiger partial charge in [-0.25, -0.2) is 0 Å². The highest BCUT2D eigenvalue weighted by Gasteiger charge is 2.32. The zero-order chi connectivity index (χ0) is 19.9. The first-order valence-electron chi connectivity index (χ1n) is 7.62. The molecule has 0 heterocycles. The Labute approximate surface area is 147 Å². The summed E-state index contributed by atoms with van der Waals surface area (Å²) in [6.45, 7) is 5.12. The second-order valence-electron chi connectivity index (χ2n) is 6.86. The van der Waals surface area contributed by atoms with Crippen LogP contribution in [0.25, 0.3) is 11.1 Å². The number of primary amides is 1. The van der Waals surface area contributed by atoms with E-state index in [-0.39, 0.29) is 22.4 Å². The molecule has 138 valence electrons. The van der Waals surface area contributed by atoms with Crippen LogP contribution < -0.4 is 5.73 Å². The lowest BCUT2D eigenvalue weighted by atomic mass is 9.81. The van der Waals surface area contributed by atoms with Crippen molar-refractivity contribution in [1.82, 2.24) is 0 Å². The largest absolute Gasteiger partial charge is 0.416 e. The number of halogens is 3. The summed E-state index contributed by atoms with van der Waals surface area (Å²) in [5, 5.41) is 11.5. The van der Waals surface area contributed by atoms with Gasteiger partial charge in [0, 0.05) is 11.6 Å². The molecule has 0 fully saturated rings. The Morgan fingerprint density at radius 1 is 1.04 bits per heavy atom. The van der Waals surface area contributed by atoms with Crippen LogP contribution in [0.15, 0.2) is 36.4 Å². The molecule has 0 aliphatic rings. The predicted octanol–water partition coefficient (Wildman–Crippen LogP) is 4.68. The maximum atomic E-state index is 12.7. The molecule has 8 heteroatoms. The zero-order valence-corrected chi connectivity index (χ0v) is 14.3. The number of rotatable bonds is 3. The average molecular weight is 366 g/mol. The summed E-state index contributed by atoms with van der Waals surface area (Å²) < 4.78 is 38.1. The molecule has 0 bridgehead atoms. The summed E-state index contributed by atoms with van der Waals surface area (Å²) in [7, 11) is 0. The summed E-state index contributed by atoms with van der Waals surface area (Å²) in [6.07, 6.45) is -4.49. The smallest absolute Gasteiger partial charge is 0.366 e. The van der Waals surface area contributed by atoms with Crippen molar-refractivity contribution in [3.05, 3.63) is 63.2 Å². The van der Waals surface area contributed by atoms with E-state index in [9.17, 15) is 28.1 Å². The van der Waals surface area contributed by atoms with Crippen LogP contribution in [0.2, 0.25) is 0 Å². The first-order valence-corrected chi connectivity index (χ1v) is 7.62. The standard InChI is InChI=1S/C18H17F3N2O3/c1-17(2,3)15-13(16(22)24)8-11(9-14(15)23(25)26)10-4-6-12(7-5-10)18(19,20)21/h4-9H,1-3H3,(H2,22,24). The minimum atomic E-state index is -4.49. The Balaban J connectivity index is 2.72. The Hall–Kier alpha value is -2.90. The quantitative estimate of drug-likeness (QED) is 0.632. The number of benzene rings is 2. The summed E-state index contributed by atoms with van der Waals surface area (Å²) in [4.78, 5) is 22.8.